The second-order valence-corrected chi connectivity index (χ2v) is 6.89. The lowest BCUT2D eigenvalue weighted by Gasteiger charge is -2.38. The van der Waals surface area contributed by atoms with Crippen LogP contribution in [0.3, 0.4) is 0 Å². The Balaban J connectivity index is 1.57. The number of amides is 2. The zero-order chi connectivity index (χ0) is 19.4. The summed E-state index contributed by atoms with van der Waals surface area (Å²) in [5, 5.41) is 6.86. The SMILES string of the molecule is COc1ccc(C(=O)Nc2cnn(CC(=O)N3CCOC(C)(C)C3)c2)nc1. The summed E-state index contributed by atoms with van der Waals surface area (Å²) in [6.07, 6.45) is 4.59. The van der Waals surface area contributed by atoms with Crippen molar-refractivity contribution < 1.29 is 19.1 Å². The van der Waals surface area contributed by atoms with E-state index in [1.807, 2.05) is 13.8 Å². The van der Waals surface area contributed by atoms with Crippen LogP contribution in [0.4, 0.5) is 5.69 Å². The second kappa shape index (κ2) is 7.75. The van der Waals surface area contributed by atoms with Gasteiger partial charge in [0.25, 0.3) is 5.91 Å². The summed E-state index contributed by atoms with van der Waals surface area (Å²) in [5.74, 6) is 0.173. The maximum Gasteiger partial charge on any atom is 0.274 e. The molecular weight excluding hydrogens is 350 g/mol. The molecule has 9 heteroatoms. The maximum absolute atomic E-state index is 12.5. The van der Waals surface area contributed by atoms with E-state index in [1.165, 1.54) is 24.2 Å². The molecule has 0 spiro atoms. The van der Waals surface area contributed by atoms with Crippen LogP contribution in [-0.4, -0.2) is 63.9 Å². The summed E-state index contributed by atoms with van der Waals surface area (Å²) in [6, 6.07) is 3.23. The largest absolute Gasteiger partial charge is 0.495 e. The first-order valence-electron chi connectivity index (χ1n) is 8.62. The van der Waals surface area contributed by atoms with Crippen LogP contribution in [-0.2, 0) is 16.1 Å². The molecule has 27 heavy (non-hydrogen) atoms. The van der Waals surface area contributed by atoms with Crippen LogP contribution < -0.4 is 10.1 Å². The van der Waals surface area contributed by atoms with Gasteiger partial charge in [-0.25, -0.2) is 4.98 Å². The number of nitrogens with zero attached hydrogens (tertiary/aromatic N) is 4. The molecule has 0 radical (unpaired) electrons. The number of ether oxygens (including phenoxy) is 2. The highest BCUT2D eigenvalue weighted by Gasteiger charge is 2.30. The molecule has 3 rings (SSSR count). The lowest BCUT2D eigenvalue weighted by atomic mass is 10.1. The highest BCUT2D eigenvalue weighted by Crippen LogP contribution is 2.17. The molecular formula is C18H23N5O4. The minimum Gasteiger partial charge on any atom is -0.495 e. The van der Waals surface area contributed by atoms with Gasteiger partial charge in [0.2, 0.25) is 5.91 Å². The Hall–Kier alpha value is -2.94. The van der Waals surface area contributed by atoms with E-state index in [0.717, 1.165) is 0 Å². The van der Waals surface area contributed by atoms with E-state index in [1.54, 1.807) is 23.2 Å². The van der Waals surface area contributed by atoms with Crippen LogP contribution in [0.2, 0.25) is 0 Å². The molecule has 0 aromatic carbocycles. The summed E-state index contributed by atoms with van der Waals surface area (Å²) in [7, 11) is 1.53. The normalized spacial score (nSPS) is 16.0. The van der Waals surface area contributed by atoms with Crippen LogP contribution in [0.1, 0.15) is 24.3 Å². The Morgan fingerprint density at radius 2 is 2.15 bits per heavy atom. The summed E-state index contributed by atoms with van der Waals surface area (Å²) in [5.41, 5.74) is 0.408. The third-order valence-corrected chi connectivity index (χ3v) is 4.17. The van der Waals surface area contributed by atoms with Gasteiger partial charge in [0.15, 0.2) is 0 Å². The van der Waals surface area contributed by atoms with Gasteiger partial charge < -0.3 is 19.7 Å². The van der Waals surface area contributed by atoms with E-state index < -0.39 is 0 Å². The van der Waals surface area contributed by atoms with E-state index in [9.17, 15) is 9.59 Å². The number of hydrogen-bond acceptors (Lipinski definition) is 6. The average Bonchev–Trinajstić information content (AvgIpc) is 3.07. The van der Waals surface area contributed by atoms with Gasteiger partial charge in [-0.3, -0.25) is 14.3 Å². The predicted molar refractivity (Wildman–Crippen MR) is 97.6 cm³/mol. The van der Waals surface area contributed by atoms with Gasteiger partial charge in [0.1, 0.15) is 18.0 Å². The average molecular weight is 373 g/mol. The number of pyridine rings is 1. The molecule has 0 aliphatic carbocycles. The first-order valence-corrected chi connectivity index (χ1v) is 8.62. The van der Waals surface area contributed by atoms with Crippen molar-refractivity contribution in [3.63, 3.8) is 0 Å². The third-order valence-electron chi connectivity index (χ3n) is 4.17. The van der Waals surface area contributed by atoms with Crippen LogP contribution in [0.15, 0.2) is 30.7 Å². The van der Waals surface area contributed by atoms with Crippen molar-refractivity contribution in [1.82, 2.24) is 19.7 Å². The molecule has 1 fully saturated rings. The highest BCUT2D eigenvalue weighted by atomic mass is 16.5. The number of anilines is 1. The quantitative estimate of drug-likeness (QED) is 0.845. The monoisotopic (exact) mass is 373 g/mol. The summed E-state index contributed by atoms with van der Waals surface area (Å²) in [6.45, 7) is 5.65. The zero-order valence-electron chi connectivity index (χ0n) is 15.6. The Bertz CT molecular complexity index is 815. The van der Waals surface area contributed by atoms with E-state index in [0.29, 0.717) is 31.1 Å². The predicted octanol–water partition coefficient (Wildman–Crippen LogP) is 1.18. The lowest BCUT2D eigenvalue weighted by Crippen LogP contribution is -2.51. The van der Waals surface area contributed by atoms with Crippen LogP contribution in [0.25, 0.3) is 0 Å². The number of aromatic nitrogens is 3. The lowest BCUT2D eigenvalue weighted by molar-refractivity contribution is -0.146. The number of morpholine rings is 1. The molecule has 144 valence electrons. The topological polar surface area (TPSA) is 98.6 Å². The van der Waals surface area contributed by atoms with E-state index in [4.69, 9.17) is 9.47 Å². The van der Waals surface area contributed by atoms with Gasteiger partial charge >= 0.3 is 0 Å². The Labute approximate surface area is 157 Å². The molecule has 0 saturated carbocycles. The van der Waals surface area contributed by atoms with Gasteiger partial charge in [0.05, 0.1) is 37.4 Å². The molecule has 9 nitrogen and oxygen atoms in total. The van der Waals surface area contributed by atoms with Crippen molar-refractivity contribution in [3.8, 4) is 5.75 Å². The number of hydrogen-bond donors (Lipinski definition) is 1. The third kappa shape index (κ3) is 4.82. The van der Waals surface area contributed by atoms with Crippen molar-refractivity contribution in [2.24, 2.45) is 0 Å². The molecule has 1 N–H and O–H groups in total. The fourth-order valence-corrected chi connectivity index (χ4v) is 2.81. The van der Waals surface area contributed by atoms with E-state index in [2.05, 4.69) is 15.4 Å². The Kier molecular flexibility index (Phi) is 5.41. The van der Waals surface area contributed by atoms with Gasteiger partial charge in [-0.2, -0.15) is 5.10 Å². The molecule has 2 aromatic heterocycles. The van der Waals surface area contributed by atoms with Crippen molar-refractivity contribution in [2.75, 3.05) is 32.1 Å². The summed E-state index contributed by atoms with van der Waals surface area (Å²) >= 11 is 0. The molecule has 0 atom stereocenters. The fraction of sp³-hybridized carbons (Fsp3) is 0.444. The number of nitrogens with one attached hydrogen (secondary N) is 1. The molecule has 1 aliphatic rings. The van der Waals surface area contributed by atoms with E-state index >= 15 is 0 Å². The molecule has 0 bridgehead atoms. The molecule has 2 amide bonds. The first-order chi connectivity index (χ1) is 12.9. The molecule has 0 unspecified atom stereocenters. The molecule has 1 aliphatic heterocycles. The van der Waals surface area contributed by atoms with Crippen molar-refractivity contribution >= 4 is 17.5 Å². The maximum atomic E-state index is 12.5. The van der Waals surface area contributed by atoms with Crippen molar-refractivity contribution in [2.45, 2.75) is 26.0 Å². The van der Waals surface area contributed by atoms with Crippen LogP contribution >= 0.6 is 0 Å². The number of carbonyl (C=O) groups is 2. The minimum atomic E-state index is -0.363. The highest BCUT2D eigenvalue weighted by molar-refractivity contribution is 6.02. The van der Waals surface area contributed by atoms with Gasteiger partial charge in [-0.1, -0.05) is 0 Å². The number of methoxy groups -OCH3 is 1. The number of rotatable bonds is 5. The van der Waals surface area contributed by atoms with E-state index in [-0.39, 0.29) is 29.7 Å². The first kappa shape index (κ1) is 18.8. The summed E-state index contributed by atoms with van der Waals surface area (Å²) in [4.78, 5) is 30.5. The molecule has 2 aromatic rings. The Morgan fingerprint density at radius 3 is 2.81 bits per heavy atom. The smallest absolute Gasteiger partial charge is 0.274 e. The van der Waals surface area contributed by atoms with Gasteiger partial charge in [-0.05, 0) is 26.0 Å². The minimum absolute atomic E-state index is 0.0378. The van der Waals surface area contributed by atoms with Gasteiger partial charge in [-0.15, -0.1) is 0 Å². The Morgan fingerprint density at radius 1 is 1.33 bits per heavy atom. The molecule has 3 heterocycles. The van der Waals surface area contributed by atoms with Crippen molar-refractivity contribution in [1.29, 1.82) is 0 Å². The van der Waals surface area contributed by atoms with Crippen LogP contribution in [0.5, 0.6) is 5.75 Å². The fourth-order valence-electron chi connectivity index (χ4n) is 2.81. The summed E-state index contributed by atoms with van der Waals surface area (Å²) < 4.78 is 12.1. The zero-order valence-corrected chi connectivity index (χ0v) is 15.6. The van der Waals surface area contributed by atoms with Gasteiger partial charge in [0, 0.05) is 19.3 Å². The standard InChI is InChI=1S/C18H23N5O4/c1-18(2)12-22(6-7-27-18)16(24)11-23-10-13(8-20-23)21-17(25)15-5-4-14(26-3)9-19-15/h4-5,8-10H,6-7,11-12H2,1-3H3,(H,21,25). The molecule has 1 saturated heterocycles. The second-order valence-electron chi connectivity index (χ2n) is 6.89. The van der Waals surface area contributed by atoms with Crippen LogP contribution in [0, 0.1) is 0 Å². The van der Waals surface area contributed by atoms with Crippen molar-refractivity contribution in [3.05, 3.63) is 36.4 Å². The number of carbonyl (C=O) groups excluding carboxylic acids is 2.